The van der Waals surface area contributed by atoms with E-state index in [0.29, 0.717) is 6.07 Å². The monoisotopic (exact) mass is 357 g/mol. The van der Waals surface area contributed by atoms with Crippen molar-refractivity contribution in [1.29, 1.82) is 10.5 Å². The third kappa shape index (κ3) is 2.80. The van der Waals surface area contributed by atoms with E-state index < -0.39 is 11.6 Å². The molecule has 0 spiro atoms. The first-order chi connectivity index (χ1) is 10.4. The van der Waals surface area contributed by atoms with Crippen molar-refractivity contribution in [1.82, 2.24) is 0 Å². The van der Waals surface area contributed by atoms with Gasteiger partial charge in [-0.05, 0) is 12.1 Å². The Bertz CT molecular complexity index is 854. The van der Waals surface area contributed by atoms with Gasteiger partial charge in [0.25, 0.3) is 0 Å². The lowest BCUT2D eigenvalue weighted by Gasteiger charge is -2.14. The summed E-state index contributed by atoms with van der Waals surface area (Å²) in [6, 6.07) is 6.33. The predicted molar refractivity (Wildman–Crippen MR) is 80.5 cm³/mol. The van der Waals surface area contributed by atoms with Crippen LogP contribution in [0.2, 0.25) is 15.1 Å². The lowest BCUT2D eigenvalue weighted by Crippen LogP contribution is -2.01. The van der Waals surface area contributed by atoms with Crippen molar-refractivity contribution in [3.05, 3.63) is 56.0 Å². The maximum absolute atomic E-state index is 13.7. The van der Waals surface area contributed by atoms with Gasteiger partial charge in [-0.25, -0.2) is 8.78 Å². The summed E-state index contributed by atoms with van der Waals surface area (Å²) in [5.41, 5.74) is -0.522. The highest BCUT2D eigenvalue weighted by molar-refractivity contribution is 6.46. The smallest absolute Gasteiger partial charge is 0.149 e. The van der Waals surface area contributed by atoms with E-state index >= 15 is 0 Å². The van der Waals surface area contributed by atoms with Gasteiger partial charge in [0.2, 0.25) is 0 Å². The maximum atomic E-state index is 13.7. The molecule has 3 nitrogen and oxygen atoms in total. The van der Waals surface area contributed by atoms with Gasteiger partial charge < -0.3 is 5.32 Å². The van der Waals surface area contributed by atoms with Crippen LogP contribution in [0.15, 0.2) is 18.2 Å². The molecular formula is C14H4Cl3F2N3. The van der Waals surface area contributed by atoms with Gasteiger partial charge in [0.15, 0.2) is 0 Å². The van der Waals surface area contributed by atoms with Crippen LogP contribution in [-0.2, 0) is 0 Å². The molecule has 2 aromatic carbocycles. The number of benzene rings is 2. The first-order valence-corrected chi connectivity index (χ1v) is 6.76. The summed E-state index contributed by atoms with van der Waals surface area (Å²) in [6.45, 7) is 0. The number of rotatable bonds is 2. The third-order valence-electron chi connectivity index (χ3n) is 2.74. The van der Waals surface area contributed by atoms with Crippen LogP contribution in [0.5, 0.6) is 0 Å². The van der Waals surface area contributed by atoms with E-state index in [1.54, 1.807) is 12.1 Å². The van der Waals surface area contributed by atoms with E-state index in [0.717, 1.165) is 12.1 Å². The SMILES string of the molecule is N#Cc1c(Cl)c(Cl)c(Nc2ccc(F)cc2F)c(C#N)c1Cl. The molecule has 0 unspecified atom stereocenters. The number of hydrogen-bond donors (Lipinski definition) is 1. The first-order valence-electron chi connectivity index (χ1n) is 5.63. The van der Waals surface area contributed by atoms with Crippen LogP contribution in [0.1, 0.15) is 11.1 Å². The minimum absolute atomic E-state index is 0.0660. The molecule has 110 valence electrons. The second-order valence-electron chi connectivity index (χ2n) is 4.04. The van der Waals surface area contributed by atoms with Gasteiger partial charge in [-0.2, -0.15) is 10.5 Å². The lowest BCUT2D eigenvalue weighted by molar-refractivity contribution is 0.586. The van der Waals surface area contributed by atoms with Gasteiger partial charge in [-0.3, -0.25) is 0 Å². The Morgan fingerprint density at radius 1 is 0.909 bits per heavy atom. The molecule has 0 bridgehead atoms. The molecule has 2 aromatic rings. The normalized spacial score (nSPS) is 9.95. The van der Waals surface area contributed by atoms with Crippen molar-refractivity contribution >= 4 is 46.2 Å². The fourth-order valence-electron chi connectivity index (χ4n) is 1.71. The van der Waals surface area contributed by atoms with Gasteiger partial charge in [0.05, 0.1) is 37.6 Å². The molecule has 0 heterocycles. The summed E-state index contributed by atoms with van der Waals surface area (Å²) in [6.07, 6.45) is 0. The molecule has 0 aliphatic carbocycles. The van der Waals surface area contributed by atoms with Crippen LogP contribution in [0.4, 0.5) is 20.2 Å². The number of hydrogen-bond acceptors (Lipinski definition) is 3. The highest BCUT2D eigenvalue weighted by Gasteiger charge is 2.22. The van der Waals surface area contributed by atoms with Crippen molar-refractivity contribution in [3.8, 4) is 12.1 Å². The molecular weight excluding hydrogens is 355 g/mol. The van der Waals surface area contributed by atoms with Gasteiger partial charge in [0, 0.05) is 6.07 Å². The van der Waals surface area contributed by atoms with Crippen LogP contribution < -0.4 is 5.32 Å². The fourth-order valence-corrected chi connectivity index (χ4v) is 2.50. The van der Waals surface area contributed by atoms with E-state index in [9.17, 15) is 14.0 Å². The third-order valence-corrected chi connectivity index (χ3v) is 3.97. The first kappa shape index (κ1) is 16.3. The second-order valence-corrected chi connectivity index (χ2v) is 5.17. The quantitative estimate of drug-likeness (QED) is 0.730. The molecule has 2 rings (SSSR count). The summed E-state index contributed by atoms with van der Waals surface area (Å²) in [7, 11) is 0. The van der Waals surface area contributed by atoms with Crippen molar-refractivity contribution in [2.45, 2.75) is 0 Å². The number of nitrogens with one attached hydrogen (secondary N) is 1. The van der Waals surface area contributed by atoms with Crippen LogP contribution in [0.25, 0.3) is 0 Å². The number of nitrogens with zero attached hydrogens (tertiary/aromatic N) is 2. The lowest BCUT2D eigenvalue weighted by atomic mass is 10.1. The van der Waals surface area contributed by atoms with Gasteiger partial charge in [-0.1, -0.05) is 34.8 Å². The van der Waals surface area contributed by atoms with Crippen LogP contribution in [-0.4, -0.2) is 0 Å². The molecule has 22 heavy (non-hydrogen) atoms. The molecule has 8 heteroatoms. The van der Waals surface area contributed by atoms with Crippen molar-refractivity contribution in [2.75, 3.05) is 5.32 Å². The fraction of sp³-hybridized carbons (Fsp3) is 0. The summed E-state index contributed by atoms with van der Waals surface area (Å²) in [5.74, 6) is -1.65. The number of halogens is 5. The Hall–Kier alpha value is -2.05. The van der Waals surface area contributed by atoms with Gasteiger partial charge in [-0.15, -0.1) is 0 Å². The van der Waals surface area contributed by atoms with Crippen molar-refractivity contribution < 1.29 is 8.78 Å². The highest BCUT2D eigenvalue weighted by atomic mass is 35.5. The van der Waals surface area contributed by atoms with Crippen molar-refractivity contribution in [2.24, 2.45) is 0 Å². The van der Waals surface area contributed by atoms with E-state index in [1.165, 1.54) is 0 Å². The largest absolute Gasteiger partial charge is 0.351 e. The minimum Gasteiger partial charge on any atom is -0.351 e. The minimum atomic E-state index is -0.892. The zero-order valence-electron chi connectivity index (χ0n) is 10.5. The topological polar surface area (TPSA) is 59.6 Å². The predicted octanol–water partition coefficient (Wildman–Crippen LogP) is 5.41. The molecule has 0 radical (unpaired) electrons. The summed E-state index contributed by atoms with van der Waals surface area (Å²) in [5, 5.41) is 20.2. The zero-order valence-corrected chi connectivity index (χ0v) is 12.8. The Morgan fingerprint density at radius 2 is 1.55 bits per heavy atom. The second kappa shape index (κ2) is 6.37. The molecule has 0 saturated heterocycles. The zero-order chi connectivity index (χ0) is 16.4. The maximum Gasteiger partial charge on any atom is 0.149 e. The Kier molecular flexibility index (Phi) is 4.73. The van der Waals surface area contributed by atoms with Crippen LogP contribution in [0, 0.1) is 34.3 Å². The Balaban J connectivity index is 2.66. The average Bonchev–Trinajstić information content (AvgIpc) is 2.48. The number of anilines is 2. The van der Waals surface area contributed by atoms with Crippen LogP contribution >= 0.6 is 34.8 Å². The Labute approximate surface area is 139 Å². The molecule has 0 aromatic heterocycles. The van der Waals surface area contributed by atoms with Crippen molar-refractivity contribution in [3.63, 3.8) is 0 Å². The summed E-state index contributed by atoms with van der Waals surface area (Å²) in [4.78, 5) is 0. The summed E-state index contributed by atoms with van der Waals surface area (Å²) >= 11 is 17.9. The van der Waals surface area contributed by atoms with E-state index in [1.807, 2.05) is 0 Å². The molecule has 0 amide bonds. The molecule has 0 aliphatic heterocycles. The number of nitriles is 2. The molecule has 0 atom stereocenters. The highest BCUT2D eigenvalue weighted by Crippen LogP contribution is 2.42. The Morgan fingerprint density at radius 3 is 2.09 bits per heavy atom. The standard InChI is InChI=1S/C14H4Cl3F2N3/c15-11-7(4-20)12(16)13(17)14(8(11)5-21)22-10-2-1-6(18)3-9(10)19/h1-3,22H. The molecule has 1 N–H and O–H groups in total. The molecule has 0 fully saturated rings. The van der Waals surface area contributed by atoms with Gasteiger partial charge in [0.1, 0.15) is 23.8 Å². The summed E-state index contributed by atoms with van der Waals surface area (Å²) < 4.78 is 26.6. The van der Waals surface area contributed by atoms with Crippen LogP contribution in [0.3, 0.4) is 0 Å². The van der Waals surface area contributed by atoms with E-state index in [2.05, 4.69) is 5.32 Å². The molecule has 0 saturated carbocycles. The average molecular weight is 359 g/mol. The van der Waals surface area contributed by atoms with Gasteiger partial charge >= 0.3 is 0 Å². The molecule has 0 aliphatic rings. The van der Waals surface area contributed by atoms with E-state index in [-0.39, 0.29) is 37.6 Å². The van der Waals surface area contributed by atoms with E-state index in [4.69, 9.17) is 40.1 Å².